The van der Waals surface area contributed by atoms with Crippen LogP contribution in [-0.4, -0.2) is 45.3 Å². The fraction of sp³-hybridized carbons (Fsp3) is 0.591. The van der Waals surface area contributed by atoms with Gasteiger partial charge in [-0.25, -0.2) is 0 Å². The van der Waals surface area contributed by atoms with Crippen molar-refractivity contribution in [2.75, 3.05) is 19.8 Å². The third-order valence-electron chi connectivity index (χ3n) is 5.67. The summed E-state index contributed by atoms with van der Waals surface area (Å²) < 4.78 is 13.6. The van der Waals surface area contributed by atoms with E-state index in [1.54, 1.807) is 0 Å². The highest BCUT2D eigenvalue weighted by atomic mass is 16.5. The smallest absolute Gasteiger partial charge is 0.261 e. The molecule has 1 unspecified atom stereocenters. The number of fused-ring (bicyclic) bond motifs is 1. The normalized spacial score (nSPS) is 18.9. The van der Waals surface area contributed by atoms with E-state index in [9.17, 15) is 4.79 Å². The van der Waals surface area contributed by atoms with Crippen molar-refractivity contribution < 1.29 is 14.3 Å². The third kappa shape index (κ3) is 4.54. The number of ether oxygens (including phenoxy) is 2. The van der Waals surface area contributed by atoms with Gasteiger partial charge in [-0.1, -0.05) is 13.3 Å². The van der Waals surface area contributed by atoms with Gasteiger partial charge in [0.25, 0.3) is 5.91 Å². The molecule has 3 heterocycles. The number of aromatic nitrogens is 3. The molecule has 1 aromatic heterocycles. The molecular formula is C22H30N4O3. The second-order valence-electron chi connectivity index (χ2n) is 7.79. The summed E-state index contributed by atoms with van der Waals surface area (Å²) in [7, 11) is 0. The molecule has 1 saturated heterocycles. The van der Waals surface area contributed by atoms with Gasteiger partial charge in [0.05, 0.1) is 12.6 Å². The predicted molar refractivity (Wildman–Crippen MR) is 109 cm³/mol. The van der Waals surface area contributed by atoms with Crippen LogP contribution in [0, 0.1) is 0 Å². The lowest BCUT2D eigenvalue weighted by Crippen LogP contribution is -2.35. The number of amides is 1. The van der Waals surface area contributed by atoms with Gasteiger partial charge < -0.3 is 18.9 Å². The van der Waals surface area contributed by atoms with E-state index >= 15 is 0 Å². The van der Waals surface area contributed by atoms with Gasteiger partial charge in [-0.2, -0.15) is 0 Å². The summed E-state index contributed by atoms with van der Waals surface area (Å²) in [5, 5.41) is 8.88. The minimum absolute atomic E-state index is 0.00443. The number of hydrogen-bond donors (Lipinski definition) is 0. The molecule has 1 aromatic carbocycles. The molecule has 2 aliphatic heterocycles. The lowest BCUT2D eigenvalue weighted by Gasteiger charge is -2.24. The van der Waals surface area contributed by atoms with Crippen molar-refractivity contribution >= 4 is 5.91 Å². The van der Waals surface area contributed by atoms with E-state index in [4.69, 9.17) is 9.47 Å². The second-order valence-corrected chi connectivity index (χ2v) is 7.79. The molecule has 29 heavy (non-hydrogen) atoms. The number of rotatable bonds is 7. The van der Waals surface area contributed by atoms with Gasteiger partial charge in [0, 0.05) is 19.5 Å². The lowest BCUT2D eigenvalue weighted by atomic mass is 10.2. The summed E-state index contributed by atoms with van der Waals surface area (Å²) in [6, 6.07) is 7.45. The molecule has 0 aliphatic carbocycles. The summed E-state index contributed by atoms with van der Waals surface area (Å²) >= 11 is 0. The zero-order valence-corrected chi connectivity index (χ0v) is 17.2. The van der Waals surface area contributed by atoms with Crippen LogP contribution in [0.1, 0.15) is 63.1 Å². The van der Waals surface area contributed by atoms with E-state index in [1.807, 2.05) is 29.2 Å². The maximum atomic E-state index is 12.9. The van der Waals surface area contributed by atoms with E-state index in [-0.39, 0.29) is 18.6 Å². The summed E-state index contributed by atoms with van der Waals surface area (Å²) in [6.45, 7) is 4.51. The van der Waals surface area contributed by atoms with E-state index in [0.717, 1.165) is 62.6 Å². The maximum Gasteiger partial charge on any atom is 0.261 e. The van der Waals surface area contributed by atoms with Crippen molar-refractivity contribution in [2.24, 2.45) is 0 Å². The summed E-state index contributed by atoms with van der Waals surface area (Å²) in [5.41, 5.74) is 0. The number of aryl methyl sites for hydroxylation is 1. The van der Waals surface area contributed by atoms with Gasteiger partial charge in [-0.05, 0) is 56.4 Å². The first-order valence-corrected chi connectivity index (χ1v) is 10.8. The molecule has 2 aliphatic rings. The van der Waals surface area contributed by atoms with Crippen molar-refractivity contribution in [3.8, 4) is 11.5 Å². The van der Waals surface area contributed by atoms with Crippen molar-refractivity contribution in [1.82, 2.24) is 19.7 Å². The molecular weight excluding hydrogens is 368 g/mol. The fourth-order valence-electron chi connectivity index (χ4n) is 4.17. The highest BCUT2D eigenvalue weighted by Crippen LogP contribution is 2.32. The first-order valence-electron chi connectivity index (χ1n) is 10.8. The van der Waals surface area contributed by atoms with Crippen molar-refractivity contribution in [3.05, 3.63) is 35.9 Å². The van der Waals surface area contributed by atoms with Crippen LogP contribution in [0.5, 0.6) is 11.5 Å². The van der Waals surface area contributed by atoms with Gasteiger partial charge in [-0.3, -0.25) is 4.79 Å². The molecule has 7 nitrogen and oxygen atoms in total. The molecule has 1 amide bonds. The van der Waals surface area contributed by atoms with E-state index in [1.165, 1.54) is 12.8 Å². The number of likely N-dealkylation sites (tertiary alicyclic amines) is 1. The highest BCUT2D eigenvalue weighted by Gasteiger charge is 2.34. The molecule has 4 rings (SSSR count). The standard InChI is InChI=1S/C22H30N4O3/c1-2-15-28-17-9-11-18(12-10-17)29-16-21(27)25-14-6-7-19(25)22-24-23-20-8-4-3-5-13-26(20)22/h9-12,19H,2-8,13-16H2,1H3. The summed E-state index contributed by atoms with van der Waals surface area (Å²) in [4.78, 5) is 14.8. The number of carbonyl (C=O) groups excluding carboxylic acids is 1. The molecule has 1 atom stereocenters. The Morgan fingerprint density at radius 1 is 1.03 bits per heavy atom. The largest absolute Gasteiger partial charge is 0.494 e. The fourth-order valence-corrected chi connectivity index (χ4v) is 4.17. The molecule has 0 spiro atoms. The Kier molecular flexibility index (Phi) is 6.32. The first-order chi connectivity index (χ1) is 14.3. The molecule has 1 fully saturated rings. The van der Waals surface area contributed by atoms with Crippen LogP contribution in [0.25, 0.3) is 0 Å². The molecule has 0 bridgehead atoms. The van der Waals surface area contributed by atoms with Crippen molar-refractivity contribution in [3.63, 3.8) is 0 Å². The van der Waals surface area contributed by atoms with Crippen LogP contribution in [0.2, 0.25) is 0 Å². The van der Waals surface area contributed by atoms with E-state index in [2.05, 4.69) is 21.7 Å². The second kappa shape index (κ2) is 9.29. The average Bonchev–Trinajstić information content (AvgIpc) is 3.32. The minimum atomic E-state index is 0.00443. The maximum absolute atomic E-state index is 12.9. The van der Waals surface area contributed by atoms with Crippen molar-refractivity contribution in [2.45, 2.75) is 64.5 Å². The lowest BCUT2D eigenvalue weighted by molar-refractivity contribution is -0.134. The van der Waals surface area contributed by atoms with Gasteiger partial charge in [-0.15, -0.1) is 10.2 Å². The topological polar surface area (TPSA) is 69.5 Å². The molecule has 0 saturated carbocycles. The van der Waals surface area contributed by atoms with Crippen LogP contribution in [0.15, 0.2) is 24.3 Å². The number of nitrogens with zero attached hydrogens (tertiary/aromatic N) is 4. The first kappa shape index (κ1) is 19.7. The average molecular weight is 399 g/mol. The van der Waals surface area contributed by atoms with Gasteiger partial charge in [0.15, 0.2) is 12.4 Å². The molecule has 7 heteroatoms. The number of hydrogen-bond acceptors (Lipinski definition) is 5. The van der Waals surface area contributed by atoms with Gasteiger partial charge in [0.2, 0.25) is 0 Å². The zero-order chi connectivity index (χ0) is 20.1. The monoisotopic (exact) mass is 398 g/mol. The quantitative estimate of drug-likeness (QED) is 0.714. The Labute approximate surface area is 172 Å². The SMILES string of the molecule is CCCOc1ccc(OCC(=O)N2CCCC2c2nnc3n2CCCCC3)cc1. The Bertz CT molecular complexity index is 818. The van der Waals surface area contributed by atoms with Crippen LogP contribution < -0.4 is 9.47 Å². The van der Waals surface area contributed by atoms with Crippen LogP contribution in [0.3, 0.4) is 0 Å². The highest BCUT2D eigenvalue weighted by molar-refractivity contribution is 5.78. The summed E-state index contributed by atoms with van der Waals surface area (Å²) in [6.07, 6.45) is 7.43. The van der Waals surface area contributed by atoms with Crippen LogP contribution >= 0.6 is 0 Å². The Morgan fingerprint density at radius 2 is 1.83 bits per heavy atom. The molecule has 0 radical (unpaired) electrons. The van der Waals surface area contributed by atoms with Gasteiger partial charge in [0.1, 0.15) is 17.3 Å². The summed E-state index contributed by atoms with van der Waals surface area (Å²) in [5.74, 6) is 3.51. The molecule has 0 N–H and O–H groups in total. The van der Waals surface area contributed by atoms with E-state index in [0.29, 0.717) is 12.4 Å². The predicted octanol–water partition coefficient (Wildman–Crippen LogP) is 3.54. The minimum Gasteiger partial charge on any atom is -0.494 e. The Hall–Kier alpha value is -2.57. The Morgan fingerprint density at radius 3 is 2.62 bits per heavy atom. The van der Waals surface area contributed by atoms with E-state index < -0.39 is 0 Å². The number of carbonyl (C=O) groups is 1. The van der Waals surface area contributed by atoms with Gasteiger partial charge >= 0.3 is 0 Å². The zero-order valence-electron chi connectivity index (χ0n) is 17.2. The van der Waals surface area contributed by atoms with Crippen LogP contribution in [0.4, 0.5) is 0 Å². The number of benzene rings is 1. The molecule has 156 valence electrons. The van der Waals surface area contributed by atoms with Crippen LogP contribution in [-0.2, 0) is 17.8 Å². The Balaban J connectivity index is 1.38. The third-order valence-corrected chi connectivity index (χ3v) is 5.67. The molecule has 2 aromatic rings. The van der Waals surface area contributed by atoms with Crippen molar-refractivity contribution in [1.29, 1.82) is 0 Å².